The highest BCUT2D eigenvalue weighted by atomic mass is 35.5. The van der Waals surface area contributed by atoms with Crippen molar-refractivity contribution in [2.45, 2.75) is 6.92 Å². The molecule has 0 saturated heterocycles. The van der Waals surface area contributed by atoms with E-state index in [4.69, 9.17) is 22.1 Å². The summed E-state index contributed by atoms with van der Waals surface area (Å²) in [5.41, 5.74) is 6.80. The third kappa shape index (κ3) is 2.64. The highest BCUT2D eigenvalue weighted by molar-refractivity contribution is 6.33. The Labute approximate surface area is 142 Å². The highest BCUT2D eigenvalue weighted by Crippen LogP contribution is 2.37. The number of nitrogens with two attached hydrogens (primary N) is 1. The summed E-state index contributed by atoms with van der Waals surface area (Å²) in [4.78, 5) is 16.5. The fraction of sp³-hybridized carbons (Fsp3) is 0.118. The van der Waals surface area contributed by atoms with E-state index >= 15 is 0 Å². The second-order valence-corrected chi connectivity index (χ2v) is 5.67. The van der Waals surface area contributed by atoms with Crippen molar-refractivity contribution in [3.05, 3.63) is 69.5 Å². The van der Waals surface area contributed by atoms with E-state index in [1.165, 1.54) is 29.6 Å². The van der Waals surface area contributed by atoms with Gasteiger partial charge in [0.05, 0.1) is 28.8 Å². The van der Waals surface area contributed by atoms with E-state index < -0.39 is 5.82 Å². The van der Waals surface area contributed by atoms with Gasteiger partial charge in [-0.25, -0.2) is 9.37 Å². The van der Waals surface area contributed by atoms with E-state index in [1.54, 1.807) is 26.1 Å². The predicted molar refractivity (Wildman–Crippen MR) is 90.8 cm³/mol. The number of aryl methyl sites for hydroxylation is 2. The summed E-state index contributed by atoms with van der Waals surface area (Å²) in [6.45, 7) is 2.98. The molecule has 1 radical (unpaired) electrons. The number of benzene rings is 2. The Bertz CT molecular complexity index is 1000. The molecule has 0 atom stereocenters. The summed E-state index contributed by atoms with van der Waals surface area (Å²) >= 11 is 6.14. The quantitative estimate of drug-likeness (QED) is 0.790. The Morgan fingerprint density at radius 2 is 2.08 bits per heavy atom. The van der Waals surface area contributed by atoms with Crippen molar-refractivity contribution in [3.8, 4) is 11.5 Å². The molecule has 0 amide bonds. The van der Waals surface area contributed by atoms with E-state index in [0.29, 0.717) is 27.8 Å². The van der Waals surface area contributed by atoms with E-state index in [9.17, 15) is 9.18 Å². The summed E-state index contributed by atoms with van der Waals surface area (Å²) in [5.74, 6) is -0.439. The van der Waals surface area contributed by atoms with Gasteiger partial charge in [-0.05, 0) is 30.7 Å². The molecule has 3 rings (SSSR count). The van der Waals surface area contributed by atoms with Crippen LogP contribution in [0, 0.1) is 19.3 Å². The number of aromatic nitrogens is 2. The molecule has 3 aromatic rings. The van der Waals surface area contributed by atoms with Gasteiger partial charge < -0.3 is 15.0 Å². The number of hydrogen-bond acceptors (Lipinski definition) is 4. The van der Waals surface area contributed by atoms with Gasteiger partial charge in [-0.3, -0.25) is 4.79 Å². The van der Waals surface area contributed by atoms with Crippen molar-refractivity contribution in [2.75, 3.05) is 0 Å². The molecule has 2 N–H and O–H groups in total. The molecule has 2 aromatic carbocycles. The Balaban J connectivity index is 2.17. The maximum absolute atomic E-state index is 14.1. The molecule has 0 aliphatic heterocycles. The third-order valence-electron chi connectivity index (χ3n) is 3.77. The first kappa shape index (κ1) is 16.4. The molecule has 24 heavy (non-hydrogen) atoms. The van der Waals surface area contributed by atoms with Crippen molar-refractivity contribution in [3.63, 3.8) is 0 Å². The lowest BCUT2D eigenvalue weighted by Gasteiger charge is -2.14. The number of fused-ring (bicyclic) bond motifs is 1. The molecular weight excluding hydrogens is 333 g/mol. The number of halogens is 2. The summed E-state index contributed by atoms with van der Waals surface area (Å²) in [6, 6.07) is 5.94. The predicted octanol–water partition coefficient (Wildman–Crippen LogP) is 3.30. The molecule has 0 bridgehead atoms. The van der Waals surface area contributed by atoms with Gasteiger partial charge in [0, 0.05) is 12.6 Å². The summed E-state index contributed by atoms with van der Waals surface area (Å²) < 4.78 is 21.1. The van der Waals surface area contributed by atoms with Crippen LogP contribution in [0.1, 0.15) is 11.1 Å². The first-order chi connectivity index (χ1) is 11.4. The number of ether oxygens (including phenoxy) is 1. The monoisotopic (exact) mass is 346 g/mol. The molecular formula is C17H14ClFN3O2. The second-order valence-electron chi connectivity index (χ2n) is 5.29. The van der Waals surface area contributed by atoms with E-state index in [2.05, 4.69) is 4.98 Å². The maximum Gasteiger partial charge on any atom is 0.261 e. The first-order valence-corrected chi connectivity index (χ1v) is 7.47. The van der Waals surface area contributed by atoms with E-state index in [1.807, 2.05) is 0 Å². The Morgan fingerprint density at radius 3 is 2.79 bits per heavy atom. The van der Waals surface area contributed by atoms with Gasteiger partial charge in [0.2, 0.25) is 0 Å². The van der Waals surface area contributed by atoms with Crippen LogP contribution in [-0.2, 0) is 7.05 Å². The van der Waals surface area contributed by atoms with Gasteiger partial charge >= 0.3 is 0 Å². The average Bonchev–Trinajstić information content (AvgIpc) is 2.56. The fourth-order valence-electron chi connectivity index (χ4n) is 2.42. The molecule has 0 fully saturated rings. The smallest absolute Gasteiger partial charge is 0.261 e. The van der Waals surface area contributed by atoms with Crippen molar-refractivity contribution < 1.29 is 9.13 Å². The zero-order valence-electron chi connectivity index (χ0n) is 13.0. The lowest BCUT2D eigenvalue weighted by Crippen LogP contribution is -2.18. The standard InChI is InChI=1S/C17H14ClFN3O2/c1-9-13(6-5-12-14(9)17(23)22(2)8-21-12)24-16-11(19)4-3-10(7-20)15(16)18/h3-8H,20H2,1-2H3. The van der Waals surface area contributed by atoms with Crippen molar-refractivity contribution in [1.29, 1.82) is 0 Å². The third-order valence-corrected chi connectivity index (χ3v) is 4.16. The molecule has 0 spiro atoms. The second kappa shape index (κ2) is 6.22. The van der Waals surface area contributed by atoms with Gasteiger partial charge in [-0.2, -0.15) is 0 Å². The van der Waals surface area contributed by atoms with Crippen LogP contribution in [0.3, 0.4) is 0 Å². The minimum Gasteiger partial charge on any atom is -0.452 e. The minimum absolute atomic E-state index is 0.0658. The van der Waals surface area contributed by atoms with E-state index in [-0.39, 0.29) is 16.3 Å². The Kier molecular flexibility index (Phi) is 4.26. The summed E-state index contributed by atoms with van der Waals surface area (Å²) in [5, 5.41) is 0.478. The van der Waals surface area contributed by atoms with Crippen LogP contribution >= 0.6 is 11.6 Å². The van der Waals surface area contributed by atoms with Crippen LogP contribution in [0.4, 0.5) is 4.39 Å². The Morgan fingerprint density at radius 1 is 1.33 bits per heavy atom. The molecule has 1 aromatic heterocycles. The van der Waals surface area contributed by atoms with Crippen LogP contribution in [0.5, 0.6) is 11.5 Å². The average molecular weight is 347 g/mol. The van der Waals surface area contributed by atoms with Gasteiger partial charge in [0.25, 0.3) is 5.56 Å². The van der Waals surface area contributed by atoms with Crippen LogP contribution in [0.25, 0.3) is 10.9 Å². The highest BCUT2D eigenvalue weighted by Gasteiger charge is 2.17. The molecule has 0 unspecified atom stereocenters. The summed E-state index contributed by atoms with van der Waals surface area (Å²) in [7, 11) is 1.61. The molecule has 5 nitrogen and oxygen atoms in total. The topological polar surface area (TPSA) is 70.1 Å². The molecule has 0 aliphatic carbocycles. The van der Waals surface area contributed by atoms with Gasteiger partial charge in [-0.1, -0.05) is 17.7 Å². The molecule has 123 valence electrons. The molecule has 1 heterocycles. The largest absolute Gasteiger partial charge is 0.452 e. The first-order valence-electron chi connectivity index (χ1n) is 7.09. The maximum atomic E-state index is 14.1. The molecule has 0 aliphatic rings. The van der Waals surface area contributed by atoms with Crippen LogP contribution in [0.15, 0.2) is 35.4 Å². The van der Waals surface area contributed by atoms with Crippen LogP contribution in [0.2, 0.25) is 5.02 Å². The molecule has 0 saturated carbocycles. The normalized spacial score (nSPS) is 11.0. The number of rotatable bonds is 3. The zero-order chi connectivity index (χ0) is 17.4. The van der Waals surface area contributed by atoms with Crippen molar-refractivity contribution >= 4 is 22.5 Å². The van der Waals surface area contributed by atoms with Crippen LogP contribution in [-0.4, -0.2) is 9.55 Å². The van der Waals surface area contributed by atoms with Gasteiger partial charge in [0.15, 0.2) is 11.6 Å². The summed E-state index contributed by atoms with van der Waals surface area (Å²) in [6.07, 6.45) is 1.45. The SMILES string of the molecule is Cc1c(Oc2c(F)ccc([CH]N)c2Cl)ccc2ncn(C)c(=O)c12. The van der Waals surface area contributed by atoms with Crippen molar-refractivity contribution in [1.82, 2.24) is 9.55 Å². The molecule has 7 heteroatoms. The minimum atomic E-state index is -0.621. The lowest BCUT2D eigenvalue weighted by molar-refractivity contribution is 0.440. The van der Waals surface area contributed by atoms with Crippen LogP contribution < -0.4 is 16.0 Å². The lowest BCUT2D eigenvalue weighted by atomic mass is 10.1. The zero-order valence-corrected chi connectivity index (χ0v) is 13.8. The van der Waals surface area contributed by atoms with E-state index in [0.717, 1.165) is 0 Å². The fourth-order valence-corrected chi connectivity index (χ4v) is 2.68. The number of nitrogens with zero attached hydrogens (tertiary/aromatic N) is 2. The van der Waals surface area contributed by atoms with Gasteiger partial charge in [0.1, 0.15) is 5.75 Å². The van der Waals surface area contributed by atoms with Gasteiger partial charge in [-0.15, -0.1) is 0 Å². The number of hydrogen-bond donors (Lipinski definition) is 1. The Hall–Kier alpha value is -2.44. The van der Waals surface area contributed by atoms with Crippen molar-refractivity contribution in [2.24, 2.45) is 12.8 Å².